The van der Waals surface area contributed by atoms with E-state index in [0.717, 1.165) is 4.57 Å². The van der Waals surface area contributed by atoms with E-state index in [0.29, 0.717) is 5.56 Å². The lowest BCUT2D eigenvalue weighted by atomic mass is 10.1. The predicted octanol–water partition coefficient (Wildman–Crippen LogP) is 2.09. The highest BCUT2D eigenvalue weighted by molar-refractivity contribution is 6.39. The molecule has 0 aliphatic heterocycles. The fourth-order valence-electron chi connectivity index (χ4n) is 2.80. The number of rotatable bonds is 4. The molecule has 4 N–H and O–H groups in total. The number of hydrogen-bond acceptors (Lipinski definition) is 5. The monoisotopic (exact) mass is 422 g/mol. The Morgan fingerprint density at radius 1 is 1.13 bits per heavy atom. The number of phenolic OH excluding ortho intramolecular Hbond substituents is 1. The van der Waals surface area contributed by atoms with E-state index in [1.165, 1.54) is 49.5 Å². The average molecular weight is 422 g/mol. The number of hydrogen-bond donors (Lipinski definition) is 4. The van der Waals surface area contributed by atoms with E-state index in [1.54, 1.807) is 0 Å². The summed E-state index contributed by atoms with van der Waals surface area (Å²) in [5.74, 6) is -3.16. The number of carbonyl (C=O) groups excluding carboxylic acids is 2. The van der Waals surface area contributed by atoms with Crippen LogP contribution in [0.2, 0.25) is 0 Å². The molecule has 0 fully saturated rings. The topological polar surface area (TPSA) is 116 Å². The molecule has 1 heterocycles. The number of carbonyl (C=O) groups is 2. The van der Waals surface area contributed by atoms with Gasteiger partial charge in [-0.3, -0.25) is 9.59 Å². The van der Waals surface area contributed by atoms with Crippen molar-refractivity contribution < 1.29 is 33.0 Å². The summed E-state index contributed by atoms with van der Waals surface area (Å²) < 4.78 is 39.8. The zero-order valence-electron chi connectivity index (χ0n) is 15.6. The number of nitrogens with one attached hydrogen (secondary N) is 2. The number of halogens is 3. The molecule has 0 aliphatic carbocycles. The lowest BCUT2D eigenvalue weighted by molar-refractivity contribution is -0.146. The SMILES string of the molecule is Cn1c(C(F)(F)F)nc2cc(NC(=O)C(=O)NC[C@@H](O)c3ccc(O)cc3)ccc21. The molecule has 0 radical (unpaired) electrons. The van der Waals surface area contributed by atoms with Gasteiger partial charge in [0.15, 0.2) is 0 Å². The van der Waals surface area contributed by atoms with E-state index in [1.807, 2.05) is 0 Å². The number of aryl methyl sites for hydroxylation is 1. The van der Waals surface area contributed by atoms with Crippen molar-refractivity contribution in [1.29, 1.82) is 0 Å². The van der Waals surface area contributed by atoms with Crippen LogP contribution in [0.1, 0.15) is 17.5 Å². The van der Waals surface area contributed by atoms with E-state index >= 15 is 0 Å². The Morgan fingerprint density at radius 3 is 2.43 bits per heavy atom. The minimum atomic E-state index is -4.63. The summed E-state index contributed by atoms with van der Waals surface area (Å²) in [6.07, 6.45) is -5.73. The maximum Gasteiger partial charge on any atom is 0.449 e. The maximum atomic E-state index is 13.0. The number of imidazole rings is 1. The first-order chi connectivity index (χ1) is 14.1. The van der Waals surface area contributed by atoms with Gasteiger partial charge in [-0.05, 0) is 35.9 Å². The summed E-state index contributed by atoms with van der Waals surface area (Å²) in [6.45, 7) is -0.259. The molecule has 30 heavy (non-hydrogen) atoms. The Bertz CT molecular complexity index is 1090. The van der Waals surface area contributed by atoms with Crippen LogP contribution in [-0.2, 0) is 22.8 Å². The molecule has 3 aromatic rings. The number of anilines is 1. The molecule has 0 saturated carbocycles. The van der Waals surface area contributed by atoms with Crippen molar-refractivity contribution in [3.05, 3.63) is 53.9 Å². The Hall–Kier alpha value is -3.60. The van der Waals surface area contributed by atoms with Crippen LogP contribution in [0.15, 0.2) is 42.5 Å². The minimum Gasteiger partial charge on any atom is -0.508 e. The first-order valence-electron chi connectivity index (χ1n) is 8.66. The summed E-state index contributed by atoms with van der Waals surface area (Å²) in [7, 11) is 1.23. The van der Waals surface area contributed by atoms with Crippen molar-refractivity contribution in [2.24, 2.45) is 7.05 Å². The molecule has 0 unspecified atom stereocenters. The van der Waals surface area contributed by atoms with Crippen molar-refractivity contribution in [1.82, 2.24) is 14.9 Å². The van der Waals surface area contributed by atoms with Crippen LogP contribution in [-0.4, -0.2) is 38.1 Å². The van der Waals surface area contributed by atoms with E-state index in [9.17, 15) is 33.0 Å². The van der Waals surface area contributed by atoms with Crippen LogP contribution in [0.4, 0.5) is 18.9 Å². The predicted molar refractivity (Wildman–Crippen MR) is 100 cm³/mol. The molecule has 158 valence electrons. The van der Waals surface area contributed by atoms with E-state index < -0.39 is 29.9 Å². The molecule has 8 nitrogen and oxygen atoms in total. The standard InChI is InChI=1S/C19H17F3N4O4/c1-26-14-7-4-11(8-13(14)25-18(26)19(20,21)22)24-17(30)16(29)23-9-15(28)10-2-5-12(27)6-3-10/h2-8,15,27-28H,9H2,1H3,(H,23,29)(H,24,30)/t15-/m1/s1. The molecule has 0 spiro atoms. The van der Waals surface area contributed by atoms with Crippen LogP contribution in [0.25, 0.3) is 11.0 Å². The smallest absolute Gasteiger partial charge is 0.449 e. The number of aromatic nitrogens is 2. The highest BCUT2D eigenvalue weighted by Gasteiger charge is 2.36. The van der Waals surface area contributed by atoms with Crippen LogP contribution in [0, 0.1) is 0 Å². The number of aromatic hydroxyl groups is 1. The van der Waals surface area contributed by atoms with Crippen LogP contribution in [0.5, 0.6) is 5.75 Å². The summed E-state index contributed by atoms with van der Waals surface area (Å²) in [5.41, 5.74) is 0.732. The highest BCUT2D eigenvalue weighted by Crippen LogP contribution is 2.31. The zero-order valence-corrected chi connectivity index (χ0v) is 15.6. The van der Waals surface area contributed by atoms with Gasteiger partial charge in [0.1, 0.15) is 5.75 Å². The lowest BCUT2D eigenvalue weighted by Gasteiger charge is -2.12. The number of aliphatic hydroxyl groups is 1. The molecule has 1 aromatic heterocycles. The third-order valence-electron chi connectivity index (χ3n) is 4.33. The minimum absolute atomic E-state index is 0.00536. The van der Waals surface area contributed by atoms with E-state index in [4.69, 9.17) is 0 Å². The maximum absolute atomic E-state index is 13.0. The molecule has 0 bridgehead atoms. The largest absolute Gasteiger partial charge is 0.508 e. The number of aliphatic hydroxyl groups excluding tert-OH is 1. The molecule has 0 aliphatic rings. The van der Waals surface area contributed by atoms with Crippen LogP contribution >= 0.6 is 0 Å². The van der Waals surface area contributed by atoms with Gasteiger partial charge in [-0.15, -0.1) is 0 Å². The Morgan fingerprint density at radius 2 is 1.80 bits per heavy atom. The summed E-state index contributed by atoms with van der Waals surface area (Å²) in [4.78, 5) is 27.5. The first kappa shape index (κ1) is 21.1. The third kappa shape index (κ3) is 4.51. The normalized spacial score (nSPS) is 12.6. The van der Waals surface area contributed by atoms with Gasteiger partial charge in [0.05, 0.1) is 17.1 Å². The first-order valence-corrected chi connectivity index (χ1v) is 8.66. The van der Waals surface area contributed by atoms with Crippen LogP contribution in [0.3, 0.4) is 0 Å². The van der Waals surface area contributed by atoms with Crippen molar-refractivity contribution in [2.75, 3.05) is 11.9 Å². The van der Waals surface area contributed by atoms with Crippen molar-refractivity contribution in [3.8, 4) is 5.75 Å². The van der Waals surface area contributed by atoms with Gasteiger partial charge >= 0.3 is 18.0 Å². The molecular formula is C19H17F3N4O4. The molecule has 1 atom stereocenters. The second-order valence-corrected chi connectivity index (χ2v) is 6.47. The molecule has 3 rings (SSSR count). The second-order valence-electron chi connectivity index (χ2n) is 6.47. The van der Waals surface area contributed by atoms with Crippen molar-refractivity contribution in [2.45, 2.75) is 12.3 Å². The Balaban J connectivity index is 1.64. The summed E-state index contributed by atoms with van der Waals surface area (Å²) >= 11 is 0. The summed E-state index contributed by atoms with van der Waals surface area (Å²) in [5, 5.41) is 23.8. The fourth-order valence-corrected chi connectivity index (χ4v) is 2.80. The lowest BCUT2D eigenvalue weighted by Crippen LogP contribution is -2.37. The number of nitrogens with zero attached hydrogens (tertiary/aromatic N) is 2. The zero-order chi connectivity index (χ0) is 22.1. The van der Waals surface area contributed by atoms with E-state index in [-0.39, 0.29) is 29.0 Å². The van der Waals surface area contributed by atoms with Gasteiger partial charge in [0.25, 0.3) is 0 Å². The highest BCUT2D eigenvalue weighted by atomic mass is 19.4. The van der Waals surface area contributed by atoms with Crippen molar-refractivity contribution >= 4 is 28.5 Å². The molecule has 11 heteroatoms. The quantitative estimate of drug-likeness (QED) is 0.481. The number of benzene rings is 2. The molecular weight excluding hydrogens is 405 g/mol. The number of fused-ring (bicyclic) bond motifs is 1. The van der Waals surface area contributed by atoms with Gasteiger partial charge in [0.2, 0.25) is 5.82 Å². The van der Waals surface area contributed by atoms with Gasteiger partial charge in [-0.25, -0.2) is 4.98 Å². The van der Waals surface area contributed by atoms with Gasteiger partial charge in [0, 0.05) is 19.3 Å². The van der Waals surface area contributed by atoms with Crippen molar-refractivity contribution in [3.63, 3.8) is 0 Å². The van der Waals surface area contributed by atoms with Gasteiger partial charge in [-0.2, -0.15) is 13.2 Å². The third-order valence-corrected chi connectivity index (χ3v) is 4.33. The Labute approximate surface area is 168 Å². The summed E-state index contributed by atoms with van der Waals surface area (Å²) in [6, 6.07) is 9.57. The second kappa shape index (κ2) is 8.03. The average Bonchev–Trinajstić information content (AvgIpc) is 3.02. The number of alkyl halides is 3. The van der Waals surface area contributed by atoms with Gasteiger partial charge in [-0.1, -0.05) is 12.1 Å². The molecule has 2 aromatic carbocycles. The Kier molecular flexibility index (Phi) is 5.65. The fraction of sp³-hybridized carbons (Fsp3) is 0.211. The molecule has 2 amide bonds. The van der Waals surface area contributed by atoms with Crippen LogP contribution < -0.4 is 10.6 Å². The number of phenols is 1. The van der Waals surface area contributed by atoms with E-state index in [2.05, 4.69) is 15.6 Å². The molecule has 0 saturated heterocycles. The number of amides is 2. The van der Waals surface area contributed by atoms with Gasteiger partial charge < -0.3 is 25.4 Å².